The summed E-state index contributed by atoms with van der Waals surface area (Å²) in [5.41, 5.74) is 42.1. The van der Waals surface area contributed by atoms with E-state index in [1.165, 1.54) is 0 Å². The third kappa shape index (κ3) is 12.3. The number of nitrogens with zero attached hydrogens (tertiary/aromatic N) is 4. The highest BCUT2D eigenvalue weighted by molar-refractivity contribution is 5.43. The molecule has 1 aromatic heterocycles. The quantitative estimate of drug-likeness (QED) is 0.0937. The number of hydrogen-bond donors (Lipinski definition) is 8. The molecule has 0 amide bonds. The maximum atomic E-state index is 6.56. The van der Waals surface area contributed by atoms with Gasteiger partial charge in [-0.1, -0.05) is 38.5 Å². The van der Waals surface area contributed by atoms with Crippen molar-refractivity contribution in [2.75, 3.05) is 35.6 Å². The molecule has 0 spiro atoms. The average Bonchev–Trinajstić information content (AvgIpc) is 2.77. The van der Waals surface area contributed by atoms with Crippen LogP contribution in [0.3, 0.4) is 0 Å². The lowest BCUT2D eigenvalue weighted by Gasteiger charge is -2.34. The molecule has 3 atom stereocenters. The Morgan fingerprint density at radius 2 is 1.12 bits per heavy atom. The van der Waals surface area contributed by atoms with Gasteiger partial charge < -0.3 is 50.4 Å². The number of nitrogen functional groups attached to an aromatic ring is 1. The van der Waals surface area contributed by atoms with Crippen LogP contribution >= 0.6 is 0 Å². The Balaban J connectivity index is 2.92. The largest absolute Gasteiger partial charge is 0.368 e. The summed E-state index contributed by atoms with van der Waals surface area (Å²) in [6.45, 7) is 2.03. The van der Waals surface area contributed by atoms with Crippen molar-refractivity contribution in [1.29, 1.82) is 0 Å². The van der Waals surface area contributed by atoms with Crippen molar-refractivity contribution in [2.24, 2.45) is 34.4 Å². The number of hydrogen-bond acceptors (Lipinski definition) is 12. The molecule has 0 aliphatic carbocycles. The van der Waals surface area contributed by atoms with Crippen LogP contribution in [0.15, 0.2) is 0 Å². The van der Waals surface area contributed by atoms with E-state index in [-0.39, 0.29) is 24.4 Å². The Hall–Kier alpha value is -1.83. The maximum Gasteiger partial charge on any atom is 0.234 e. The van der Waals surface area contributed by atoms with E-state index in [0.29, 0.717) is 31.5 Å². The number of aromatic nitrogens is 3. The second-order valence-corrected chi connectivity index (χ2v) is 8.52. The van der Waals surface area contributed by atoms with Crippen LogP contribution < -0.4 is 50.4 Å². The van der Waals surface area contributed by atoms with E-state index >= 15 is 0 Å². The molecule has 0 fully saturated rings. The summed E-state index contributed by atoms with van der Waals surface area (Å²) < 4.78 is 0. The fourth-order valence-corrected chi connectivity index (χ4v) is 3.65. The van der Waals surface area contributed by atoms with E-state index in [9.17, 15) is 0 Å². The molecule has 1 rings (SSSR count). The minimum atomic E-state index is -0.355. The van der Waals surface area contributed by atoms with E-state index in [2.05, 4.69) is 20.3 Å². The van der Waals surface area contributed by atoms with Crippen molar-refractivity contribution in [3.05, 3.63) is 0 Å². The van der Waals surface area contributed by atoms with Crippen molar-refractivity contribution >= 4 is 17.8 Å². The monoisotopic (exact) mass is 468 g/mol. The Labute approximate surface area is 198 Å². The van der Waals surface area contributed by atoms with Crippen molar-refractivity contribution in [1.82, 2.24) is 15.0 Å². The summed E-state index contributed by atoms with van der Waals surface area (Å²) in [5, 5.41) is 3.12. The molecule has 0 saturated heterocycles. The summed E-state index contributed by atoms with van der Waals surface area (Å²) in [4.78, 5) is 15.0. The van der Waals surface area contributed by atoms with E-state index in [1.54, 1.807) is 0 Å². The third-order valence-corrected chi connectivity index (χ3v) is 5.53. The van der Waals surface area contributed by atoms with Crippen LogP contribution in [0.25, 0.3) is 0 Å². The number of rotatable bonds is 20. The van der Waals surface area contributed by atoms with Gasteiger partial charge in [0.15, 0.2) is 0 Å². The average molecular weight is 469 g/mol. The van der Waals surface area contributed by atoms with Gasteiger partial charge in [-0.3, -0.25) is 0 Å². The van der Waals surface area contributed by atoms with Gasteiger partial charge in [0.1, 0.15) is 0 Å². The smallest absolute Gasteiger partial charge is 0.234 e. The SMILES string of the molecule is NCCCCCC(N)Nc1nc(N)nc(N(C(N)CCCCCN)C(N)CCCCCN)n1. The zero-order chi connectivity index (χ0) is 24.5. The molecular weight excluding hydrogens is 420 g/mol. The lowest BCUT2D eigenvalue weighted by molar-refractivity contribution is 0.438. The number of nitrogens with one attached hydrogen (secondary N) is 1. The molecule has 1 aromatic rings. The van der Waals surface area contributed by atoms with E-state index in [0.717, 1.165) is 77.0 Å². The fraction of sp³-hybridized carbons (Fsp3) is 0.857. The Kier molecular flexibility index (Phi) is 15.6. The van der Waals surface area contributed by atoms with Crippen LogP contribution in [0, 0.1) is 0 Å². The van der Waals surface area contributed by atoms with Crippen molar-refractivity contribution in [2.45, 2.75) is 95.5 Å². The Morgan fingerprint density at radius 1 is 0.636 bits per heavy atom. The van der Waals surface area contributed by atoms with Gasteiger partial charge >= 0.3 is 0 Å². The van der Waals surface area contributed by atoms with E-state index in [1.807, 2.05) is 4.90 Å². The van der Waals surface area contributed by atoms with Crippen LogP contribution in [0.2, 0.25) is 0 Å². The summed E-state index contributed by atoms with van der Waals surface area (Å²) in [7, 11) is 0. The normalized spacial score (nSPS) is 14.1. The van der Waals surface area contributed by atoms with Crippen LogP contribution in [0.5, 0.6) is 0 Å². The first kappa shape index (κ1) is 29.2. The molecule has 192 valence electrons. The van der Waals surface area contributed by atoms with Gasteiger partial charge in [0.25, 0.3) is 0 Å². The fourth-order valence-electron chi connectivity index (χ4n) is 3.65. The van der Waals surface area contributed by atoms with Crippen molar-refractivity contribution < 1.29 is 0 Å². The predicted molar refractivity (Wildman–Crippen MR) is 137 cm³/mol. The minimum absolute atomic E-state index is 0.0912. The number of nitrogens with two attached hydrogens (primary N) is 7. The molecule has 3 unspecified atom stereocenters. The molecule has 0 bridgehead atoms. The standard InChI is InChI=1S/C21H48N12/c22-13-7-1-4-10-16(25)29-20-30-19(28)31-21(32-20)33(17(26)11-5-2-8-14-23)18(27)12-6-3-9-15-24/h16-18H,1-15,22-27H2,(H3,28,29,30,31,32). The van der Waals surface area contributed by atoms with E-state index in [4.69, 9.17) is 40.1 Å². The first-order valence-electron chi connectivity index (χ1n) is 12.4. The predicted octanol–water partition coefficient (Wildman–Crippen LogP) is 0.0838. The molecule has 0 aromatic carbocycles. The highest BCUT2D eigenvalue weighted by Crippen LogP contribution is 2.20. The van der Waals surface area contributed by atoms with Gasteiger partial charge in [0, 0.05) is 0 Å². The Bertz CT molecular complexity index is 599. The van der Waals surface area contributed by atoms with Gasteiger partial charge in [-0.05, 0) is 58.2 Å². The van der Waals surface area contributed by atoms with Crippen LogP contribution in [0.1, 0.15) is 77.0 Å². The summed E-state index contributed by atoms with van der Waals surface area (Å²) in [6.07, 6.45) is 10.0. The molecular formula is C21H48N12. The van der Waals surface area contributed by atoms with Gasteiger partial charge in [-0.25, -0.2) is 0 Å². The van der Waals surface area contributed by atoms with E-state index < -0.39 is 0 Å². The van der Waals surface area contributed by atoms with Gasteiger partial charge in [0.2, 0.25) is 17.8 Å². The molecule has 0 radical (unpaired) electrons. The highest BCUT2D eigenvalue weighted by Gasteiger charge is 2.25. The first-order valence-corrected chi connectivity index (χ1v) is 12.4. The van der Waals surface area contributed by atoms with Crippen LogP contribution in [-0.4, -0.2) is 53.1 Å². The van der Waals surface area contributed by atoms with Gasteiger partial charge in [-0.2, -0.15) is 15.0 Å². The summed E-state index contributed by atoms with van der Waals surface area (Å²) >= 11 is 0. The van der Waals surface area contributed by atoms with Crippen molar-refractivity contribution in [3.63, 3.8) is 0 Å². The molecule has 0 aliphatic rings. The second-order valence-electron chi connectivity index (χ2n) is 8.52. The molecule has 15 N–H and O–H groups in total. The number of unbranched alkanes of at least 4 members (excludes halogenated alkanes) is 6. The molecule has 33 heavy (non-hydrogen) atoms. The molecule has 12 nitrogen and oxygen atoms in total. The Morgan fingerprint density at radius 3 is 1.61 bits per heavy atom. The maximum absolute atomic E-state index is 6.56. The first-order chi connectivity index (χ1) is 15.9. The zero-order valence-corrected chi connectivity index (χ0v) is 20.2. The lowest BCUT2D eigenvalue weighted by atomic mass is 10.1. The molecule has 0 aliphatic heterocycles. The summed E-state index contributed by atoms with van der Waals surface area (Å²) in [5.74, 6) is 0.769. The zero-order valence-electron chi connectivity index (χ0n) is 20.2. The van der Waals surface area contributed by atoms with Crippen LogP contribution in [0.4, 0.5) is 17.8 Å². The van der Waals surface area contributed by atoms with Crippen LogP contribution in [-0.2, 0) is 0 Å². The molecule has 1 heterocycles. The second kappa shape index (κ2) is 17.6. The molecule has 12 heteroatoms. The molecule has 0 saturated carbocycles. The third-order valence-electron chi connectivity index (χ3n) is 5.53. The topological polar surface area (TPSA) is 236 Å². The van der Waals surface area contributed by atoms with Gasteiger partial charge in [-0.15, -0.1) is 0 Å². The lowest BCUT2D eigenvalue weighted by Crippen LogP contribution is -2.53. The minimum Gasteiger partial charge on any atom is -0.368 e. The highest BCUT2D eigenvalue weighted by atomic mass is 15.4. The van der Waals surface area contributed by atoms with Gasteiger partial charge in [0.05, 0.1) is 18.5 Å². The summed E-state index contributed by atoms with van der Waals surface area (Å²) in [6, 6.07) is 0. The number of anilines is 3. The van der Waals surface area contributed by atoms with Crippen molar-refractivity contribution in [3.8, 4) is 0 Å².